The van der Waals surface area contributed by atoms with E-state index in [2.05, 4.69) is 5.43 Å². The van der Waals surface area contributed by atoms with E-state index in [-0.39, 0.29) is 17.7 Å². The molecule has 1 saturated heterocycles. The van der Waals surface area contributed by atoms with Gasteiger partial charge in [0.15, 0.2) is 10.9 Å². The van der Waals surface area contributed by atoms with Gasteiger partial charge >= 0.3 is 0 Å². The van der Waals surface area contributed by atoms with Crippen molar-refractivity contribution in [2.45, 2.75) is 32.3 Å². The molecule has 10 heteroatoms. The van der Waals surface area contributed by atoms with E-state index in [1.165, 1.54) is 12.8 Å². The molecule has 1 fully saturated rings. The van der Waals surface area contributed by atoms with Gasteiger partial charge in [-0.05, 0) is 60.9 Å². The highest BCUT2D eigenvalue weighted by Crippen LogP contribution is 2.35. The number of hydrogen-bond acceptors (Lipinski definition) is 5. The zero-order valence-corrected chi connectivity index (χ0v) is 20.6. The van der Waals surface area contributed by atoms with Crippen molar-refractivity contribution in [2.24, 2.45) is 0 Å². The van der Waals surface area contributed by atoms with Gasteiger partial charge in [-0.1, -0.05) is 36.0 Å². The molecular formula is C24H23Cl3N4O3. The topological polar surface area (TPSA) is 72.5 Å². The van der Waals surface area contributed by atoms with Crippen molar-refractivity contribution in [1.29, 1.82) is 0 Å². The predicted molar refractivity (Wildman–Crippen MR) is 132 cm³/mol. The summed E-state index contributed by atoms with van der Waals surface area (Å²) >= 11 is 18.6. The lowest BCUT2D eigenvalue weighted by molar-refractivity contribution is 0.0781. The van der Waals surface area contributed by atoms with Crippen LogP contribution in [0.2, 0.25) is 15.3 Å². The molecule has 0 unspecified atom stereocenters. The number of aromatic nitrogens is 2. The second-order valence-electron chi connectivity index (χ2n) is 8.33. The molecule has 34 heavy (non-hydrogen) atoms. The van der Waals surface area contributed by atoms with Crippen LogP contribution in [0.25, 0.3) is 17.3 Å². The molecule has 4 heterocycles. The molecule has 0 saturated carbocycles. The van der Waals surface area contributed by atoms with Gasteiger partial charge in [-0.25, -0.2) is 9.69 Å². The van der Waals surface area contributed by atoms with Crippen LogP contribution >= 0.6 is 34.8 Å². The van der Waals surface area contributed by atoms with E-state index in [0.29, 0.717) is 39.4 Å². The summed E-state index contributed by atoms with van der Waals surface area (Å²) in [4.78, 5) is 13.4. The first-order chi connectivity index (χ1) is 16.5. The lowest BCUT2D eigenvalue weighted by atomic mass is 10.0. The van der Waals surface area contributed by atoms with Crippen LogP contribution in [0.3, 0.4) is 0 Å². The summed E-state index contributed by atoms with van der Waals surface area (Å²) in [5.41, 5.74) is 6.17. The van der Waals surface area contributed by atoms with E-state index in [9.17, 15) is 4.79 Å². The highest BCUT2D eigenvalue weighted by molar-refractivity contribution is 6.35. The molecule has 1 amide bonds. The fourth-order valence-corrected chi connectivity index (χ4v) is 4.97. The molecule has 2 aliphatic rings. The third kappa shape index (κ3) is 4.90. The summed E-state index contributed by atoms with van der Waals surface area (Å²) in [5, 5.41) is 7.91. The van der Waals surface area contributed by atoms with Gasteiger partial charge in [0.25, 0.3) is 5.91 Å². The van der Waals surface area contributed by atoms with Crippen molar-refractivity contribution >= 4 is 52.4 Å². The lowest BCUT2D eigenvalue weighted by Crippen LogP contribution is -2.43. The van der Waals surface area contributed by atoms with Crippen LogP contribution in [0.4, 0.5) is 0 Å². The Morgan fingerprint density at radius 3 is 2.53 bits per heavy atom. The number of rotatable bonds is 4. The van der Waals surface area contributed by atoms with Gasteiger partial charge in [-0.2, -0.15) is 5.10 Å². The Kier molecular flexibility index (Phi) is 6.99. The Morgan fingerprint density at radius 2 is 1.82 bits per heavy atom. The highest BCUT2D eigenvalue weighted by atomic mass is 35.5. The van der Waals surface area contributed by atoms with E-state index in [1.54, 1.807) is 35.0 Å². The number of nitrogens with one attached hydrogen (secondary N) is 1. The Bertz CT molecular complexity index is 1240. The number of hydrogen-bond donors (Lipinski definition) is 1. The predicted octanol–water partition coefficient (Wildman–Crippen LogP) is 6.02. The Balaban J connectivity index is 1.60. The number of carbonyl (C=O) groups is 1. The summed E-state index contributed by atoms with van der Waals surface area (Å²) in [6.07, 6.45) is 6.28. The fraction of sp³-hybridized carbons (Fsp3) is 0.333. The van der Waals surface area contributed by atoms with Gasteiger partial charge in [0.2, 0.25) is 0 Å². The summed E-state index contributed by atoms with van der Waals surface area (Å²) in [7, 11) is 0. The molecule has 0 radical (unpaired) electrons. The van der Waals surface area contributed by atoms with Gasteiger partial charge in [-0.3, -0.25) is 10.2 Å². The van der Waals surface area contributed by atoms with Gasteiger partial charge < -0.3 is 9.15 Å². The largest absolute Gasteiger partial charge is 0.445 e. The molecule has 0 bridgehead atoms. The number of furan rings is 1. The molecule has 7 nitrogen and oxygen atoms in total. The summed E-state index contributed by atoms with van der Waals surface area (Å²) in [5.74, 6) is 0.301. The van der Waals surface area contributed by atoms with Gasteiger partial charge in [0.05, 0.1) is 29.6 Å². The monoisotopic (exact) mass is 520 g/mol. The molecule has 2 aliphatic heterocycles. The van der Waals surface area contributed by atoms with Crippen molar-refractivity contribution in [3.63, 3.8) is 0 Å². The van der Waals surface area contributed by atoms with Crippen molar-refractivity contribution < 1.29 is 13.9 Å². The van der Waals surface area contributed by atoms with E-state index in [0.717, 1.165) is 37.2 Å². The minimum Gasteiger partial charge on any atom is -0.445 e. The standard InChI is InChI=1S/C24H23Cl3N4O3/c25-16-5-7-20(19(26)12-16)31-23-15(11-17-6-8-21(27)34-17)13-33-14-18(23)22(28-31)24(32)29-30-9-3-1-2-4-10-30/h5-8,11-12H,1-4,9-10,13-14H2,(H,29,32)/b15-11+. The first-order valence-corrected chi connectivity index (χ1v) is 12.3. The number of carbonyl (C=O) groups excluding carboxylic acids is 1. The second kappa shape index (κ2) is 10.1. The second-order valence-corrected chi connectivity index (χ2v) is 9.55. The molecule has 5 rings (SSSR count). The highest BCUT2D eigenvalue weighted by Gasteiger charge is 2.30. The number of benzene rings is 1. The van der Waals surface area contributed by atoms with Gasteiger partial charge in [-0.15, -0.1) is 0 Å². The normalized spacial score (nSPS) is 18.0. The average Bonchev–Trinajstić information content (AvgIpc) is 3.30. The maximum absolute atomic E-state index is 13.4. The van der Waals surface area contributed by atoms with Crippen LogP contribution in [-0.2, 0) is 11.3 Å². The number of fused-ring (bicyclic) bond motifs is 1. The molecule has 3 aromatic rings. The third-order valence-electron chi connectivity index (χ3n) is 5.92. The minimum absolute atomic E-state index is 0.250. The van der Waals surface area contributed by atoms with Crippen LogP contribution in [0, 0.1) is 0 Å². The number of halogens is 3. The zero-order valence-electron chi connectivity index (χ0n) is 18.3. The summed E-state index contributed by atoms with van der Waals surface area (Å²) in [6, 6.07) is 8.62. The Labute approximate surface area is 212 Å². The lowest BCUT2D eigenvalue weighted by Gasteiger charge is -2.21. The number of nitrogens with zero attached hydrogens (tertiary/aromatic N) is 3. The summed E-state index contributed by atoms with van der Waals surface area (Å²) < 4.78 is 13.1. The van der Waals surface area contributed by atoms with Crippen LogP contribution < -0.4 is 5.43 Å². The molecule has 1 aromatic carbocycles. The van der Waals surface area contributed by atoms with Crippen LogP contribution in [0.1, 0.15) is 53.2 Å². The van der Waals surface area contributed by atoms with Crippen molar-refractivity contribution in [2.75, 3.05) is 19.7 Å². The summed E-state index contributed by atoms with van der Waals surface area (Å²) in [6.45, 7) is 2.20. The molecule has 2 aromatic heterocycles. The van der Waals surface area contributed by atoms with E-state index >= 15 is 0 Å². The number of amides is 1. The third-order valence-corrected chi connectivity index (χ3v) is 6.66. The molecule has 0 aliphatic carbocycles. The SMILES string of the molecule is O=C(NN1CCCCCC1)c1nn(-c2ccc(Cl)cc2Cl)c2c1COC/C2=C\c1ccc(Cl)o1. The molecule has 0 spiro atoms. The van der Waals surface area contributed by atoms with E-state index in [4.69, 9.17) is 49.1 Å². The van der Waals surface area contributed by atoms with Crippen LogP contribution in [0.5, 0.6) is 0 Å². The molecular weight excluding hydrogens is 499 g/mol. The Morgan fingerprint density at radius 1 is 1.03 bits per heavy atom. The fourth-order valence-electron chi connectivity index (χ4n) is 4.32. The average molecular weight is 522 g/mol. The molecule has 1 N–H and O–H groups in total. The maximum atomic E-state index is 13.4. The quantitative estimate of drug-likeness (QED) is 0.455. The zero-order chi connectivity index (χ0) is 23.7. The first kappa shape index (κ1) is 23.5. The van der Waals surface area contributed by atoms with Crippen molar-refractivity contribution in [3.05, 3.63) is 68.3 Å². The molecule has 0 atom stereocenters. The van der Waals surface area contributed by atoms with Gasteiger partial charge in [0.1, 0.15) is 5.76 Å². The smallest absolute Gasteiger partial charge is 0.286 e. The van der Waals surface area contributed by atoms with E-state index < -0.39 is 0 Å². The minimum atomic E-state index is -0.270. The first-order valence-electron chi connectivity index (χ1n) is 11.2. The van der Waals surface area contributed by atoms with E-state index in [1.807, 2.05) is 11.1 Å². The van der Waals surface area contributed by atoms with Crippen molar-refractivity contribution in [3.8, 4) is 5.69 Å². The van der Waals surface area contributed by atoms with Crippen LogP contribution in [0.15, 0.2) is 34.7 Å². The van der Waals surface area contributed by atoms with Gasteiger partial charge in [0, 0.05) is 29.2 Å². The number of hydrazine groups is 1. The van der Waals surface area contributed by atoms with Crippen LogP contribution in [-0.4, -0.2) is 40.4 Å². The Hall–Kier alpha value is -2.29. The molecule has 178 valence electrons. The number of ether oxygens (including phenoxy) is 1. The maximum Gasteiger partial charge on any atom is 0.286 e. The van der Waals surface area contributed by atoms with Crippen molar-refractivity contribution in [1.82, 2.24) is 20.2 Å².